The van der Waals surface area contributed by atoms with Crippen LogP contribution in [0.3, 0.4) is 0 Å². The maximum Gasteiger partial charge on any atom is 0.191 e. The van der Waals surface area contributed by atoms with Crippen molar-refractivity contribution in [2.24, 2.45) is 4.99 Å². The molecule has 0 radical (unpaired) electrons. The minimum atomic E-state index is 0.124. The normalized spacial score (nSPS) is 13.0. The van der Waals surface area contributed by atoms with Gasteiger partial charge in [-0.1, -0.05) is 23.7 Å². The molecule has 2 aromatic rings. The highest BCUT2D eigenvalue weighted by atomic mass is 35.5. The fourth-order valence-electron chi connectivity index (χ4n) is 2.24. The molecule has 0 aliphatic carbocycles. The highest BCUT2D eigenvalue weighted by Crippen LogP contribution is 2.17. The van der Waals surface area contributed by atoms with Crippen LogP contribution in [0.2, 0.25) is 5.02 Å². The Morgan fingerprint density at radius 3 is 2.91 bits per heavy atom. The summed E-state index contributed by atoms with van der Waals surface area (Å²) in [5.74, 6) is 0.795. The summed E-state index contributed by atoms with van der Waals surface area (Å²) in [6, 6.07) is 7.98. The molecule has 0 spiro atoms. The van der Waals surface area contributed by atoms with Crippen molar-refractivity contribution >= 4 is 17.6 Å². The average Bonchev–Trinajstić information content (AvgIpc) is 2.93. The molecule has 1 unspecified atom stereocenters. The molecule has 1 aromatic heterocycles. The lowest BCUT2D eigenvalue weighted by molar-refractivity contribution is 0.617. The summed E-state index contributed by atoms with van der Waals surface area (Å²) in [6.07, 6.45) is 3.87. The zero-order valence-electron chi connectivity index (χ0n) is 13.9. The van der Waals surface area contributed by atoms with Gasteiger partial charge in [0.1, 0.15) is 0 Å². The number of rotatable bonds is 6. The maximum atomic E-state index is 6.06. The molecule has 23 heavy (non-hydrogen) atoms. The van der Waals surface area contributed by atoms with Crippen molar-refractivity contribution in [1.82, 2.24) is 20.4 Å². The number of aryl methyl sites for hydroxylation is 1. The fourth-order valence-corrected chi connectivity index (χ4v) is 2.44. The van der Waals surface area contributed by atoms with Gasteiger partial charge in [-0.05, 0) is 44.0 Å². The predicted octanol–water partition coefficient (Wildman–Crippen LogP) is 3.16. The van der Waals surface area contributed by atoms with Crippen molar-refractivity contribution in [3.8, 4) is 0 Å². The first kappa shape index (κ1) is 17.3. The number of aliphatic imine (C=N–C) groups is 1. The first-order valence-electron chi connectivity index (χ1n) is 7.88. The Morgan fingerprint density at radius 1 is 1.43 bits per heavy atom. The monoisotopic (exact) mass is 333 g/mol. The molecular formula is C17H24ClN5. The molecule has 0 saturated heterocycles. The van der Waals surface area contributed by atoms with E-state index >= 15 is 0 Å². The van der Waals surface area contributed by atoms with Gasteiger partial charge >= 0.3 is 0 Å². The van der Waals surface area contributed by atoms with Crippen LogP contribution in [-0.2, 0) is 6.54 Å². The van der Waals surface area contributed by atoms with E-state index < -0.39 is 0 Å². The van der Waals surface area contributed by atoms with Crippen LogP contribution in [0.25, 0.3) is 0 Å². The van der Waals surface area contributed by atoms with E-state index in [-0.39, 0.29) is 6.04 Å². The second-order valence-electron chi connectivity index (χ2n) is 5.46. The van der Waals surface area contributed by atoms with E-state index in [2.05, 4.69) is 40.6 Å². The third-order valence-electron chi connectivity index (χ3n) is 3.41. The van der Waals surface area contributed by atoms with Crippen LogP contribution >= 0.6 is 11.6 Å². The van der Waals surface area contributed by atoms with Crippen LogP contribution < -0.4 is 10.6 Å². The lowest BCUT2D eigenvalue weighted by atomic mass is 10.1. The molecule has 5 nitrogen and oxygen atoms in total. The van der Waals surface area contributed by atoms with Crippen molar-refractivity contribution in [3.63, 3.8) is 0 Å². The van der Waals surface area contributed by atoms with E-state index in [1.54, 1.807) is 0 Å². The zero-order valence-corrected chi connectivity index (χ0v) is 14.6. The molecule has 0 saturated carbocycles. The molecule has 0 amide bonds. The molecule has 124 valence electrons. The molecule has 0 bridgehead atoms. The molecule has 1 aromatic carbocycles. The summed E-state index contributed by atoms with van der Waals surface area (Å²) in [6.45, 7) is 8.42. The average molecular weight is 334 g/mol. The quantitative estimate of drug-likeness (QED) is 0.630. The van der Waals surface area contributed by atoms with Crippen LogP contribution in [-0.4, -0.2) is 28.8 Å². The third-order valence-corrected chi connectivity index (χ3v) is 3.64. The number of hydrogen-bond donors (Lipinski definition) is 2. The molecule has 2 rings (SSSR count). The van der Waals surface area contributed by atoms with Crippen LogP contribution in [0.5, 0.6) is 0 Å². The highest BCUT2D eigenvalue weighted by molar-refractivity contribution is 6.30. The van der Waals surface area contributed by atoms with Gasteiger partial charge in [-0.25, -0.2) is 0 Å². The summed E-state index contributed by atoms with van der Waals surface area (Å²) in [5.41, 5.74) is 2.29. The Kier molecular flexibility index (Phi) is 6.47. The summed E-state index contributed by atoms with van der Waals surface area (Å²) >= 11 is 6.06. The Morgan fingerprint density at radius 2 is 2.26 bits per heavy atom. The number of halogens is 1. The van der Waals surface area contributed by atoms with Crippen LogP contribution in [0.1, 0.15) is 31.0 Å². The van der Waals surface area contributed by atoms with E-state index in [1.807, 2.05) is 42.2 Å². The second-order valence-corrected chi connectivity index (χ2v) is 5.90. The van der Waals surface area contributed by atoms with Gasteiger partial charge in [-0.2, -0.15) is 5.10 Å². The summed E-state index contributed by atoms with van der Waals surface area (Å²) in [7, 11) is 0. The Hall–Kier alpha value is -2.01. The summed E-state index contributed by atoms with van der Waals surface area (Å²) < 4.78 is 1.91. The van der Waals surface area contributed by atoms with Crippen molar-refractivity contribution < 1.29 is 0 Å². The molecule has 1 heterocycles. The smallest absolute Gasteiger partial charge is 0.191 e. The Bertz CT molecular complexity index is 650. The number of nitrogens with zero attached hydrogens (tertiary/aromatic N) is 3. The maximum absolute atomic E-state index is 6.06. The number of benzene rings is 1. The van der Waals surface area contributed by atoms with Gasteiger partial charge in [0.15, 0.2) is 5.96 Å². The van der Waals surface area contributed by atoms with Gasteiger partial charge in [0.2, 0.25) is 0 Å². The number of nitrogens with one attached hydrogen (secondary N) is 2. The topological polar surface area (TPSA) is 54.2 Å². The lowest BCUT2D eigenvalue weighted by Gasteiger charge is -2.18. The summed E-state index contributed by atoms with van der Waals surface area (Å²) in [4.78, 5) is 4.61. The number of hydrogen-bond acceptors (Lipinski definition) is 2. The predicted molar refractivity (Wildman–Crippen MR) is 95.9 cm³/mol. The largest absolute Gasteiger partial charge is 0.357 e. The Labute approximate surface area is 142 Å². The van der Waals surface area contributed by atoms with Crippen molar-refractivity contribution in [2.45, 2.75) is 33.4 Å². The fraction of sp³-hybridized carbons (Fsp3) is 0.412. The van der Waals surface area contributed by atoms with Gasteiger partial charge in [-0.3, -0.25) is 9.67 Å². The lowest BCUT2D eigenvalue weighted by Crippen LogP contribution is -2.39. The molecule has 0 aliphatic rings. The van der Waals surface area contributed by atoms with Crippen LogP contribution in [0, 0.1) is 6.92 Å². The Balaban J connectivity index is 1.95. The molecule has 0 aliphatic heterocycles. The van der Waals surface area contributed by atoms with Crippen molar-refractivity contribution in [2.75, 3.05) is 13.1 Å². The zero-order chi connectivity index (χ0) is 16.7. The summed E-state index contributed by atoms with van der Waals surface area (Å²) in [5, 5.41) is 11.7. The number of aromatic nitrogens is 2. The molecule has 1 atom stereocenters. The first-order chi connectivity index (χ1) is 11.1. The van der Waals surface area contributed by atoms with E-state index in [0.29, 0.717) is 6.54 Å². The van der Waals surface area contributed by atoms with Gasteiger partial charge < -0.3 is 10.6 Å². The molecular weight excluding hydrogens is 310 g/mol. The molecule has 6 heteroatoms. The minimum Gasteiger partial charge on any atom is -0.357 e. The molecule has 0 fully saturated rings. The van der Waals surface area contributed by atoms with Gasteiger partial charge in [-0.15, -0.1) is 0 Å². The number of guanidine groups is 1. The highest BCUT2D eigenvalue weighted by Gasteiger charge is 2.08. The molecule has 2 N–H and O–H groups in total. The van der Waals surface area contributed by atoms with E-state index in [4.69, 9.17) is 11.6 Å². The first-order valence-corrected chi connectivity index (χ1v) is 8.25. The standard InChI is InChI=1S/C17H24ClN5/c1-4-19-17(20-8-9-23-12-13(2)11-21-23)22-14(3)15-6-5-7-16(18)10-15/h5-7,10-12,14H,4,8-9H2,1-3H3,(H2,19,20,22). The van der Waals surface area contributed by atoms with Crippen molar-refractivity contribution in [1.29, 1.82) is 0 Å². The second kappa shape index (κ2) is 8.58. The van der Waals surface area contributed by atoms with Gasteiger partial charge in [0.25, 0.3) is 0 Å². The van der Waals surface area contributed by atoms with Crippen LogP contribution in [0.4, 0.5) is 0 Å². The third kappa shape index (κ3) is 5.60. The van der Waals surface area contributed by atoms with E-state index in [0.717, 1.165) is 35.2 Å². The minimum absolute atomic E-state index is 0.124. The van der Waals surface area contributed by atoms with Gasteiger partial charge in [0.05, 0.1) is 25.3 Å². The van der Waals surface area contributed by atoms with E-state index in [9.17, 15) is 0 Å². The van der Waals surface area contributed by atoms with Crippen LogP contribution in [0.15, 0.2) is 41.7 Å². The SMILES string of the molecule is CCNC(=NCCn1cc(C)cn1)NC(C)c1cccc(Cl)c1. The van der Waals surface area contributed by atoms with E-state index in [1.165, 1.54) is 0 Å². The van der Waals surface area contributed by atoms with Crippen molar-refractivity contribution in [3.05, 3.63) is 52.8 Å². The van der Waals surface area contributed by atoms with Gasteiger partial charge in [0, 0.05) is 17.8 Å².